The van der Waals surface area contributed by atoms with Crippen LogP contribution in [-0.4, -0.2) is 15.7 Å². The van der Waals surface area contributed by atoms with Crippen molar-refractivity contribution in [1.29, 1.82) is 0 Å². The Morgan fingerprint density at radius 2 is 2.27 bits per heavy atom. The fourth-order valence-electron chi connectivity index (χ4n) is 1.74. The zero-order chi connectivity index (χ0) is 10.8. The molecular formula is C12H14N2O. The van der Waals surface area contributed by atoms with E-state index in [1.807, 2.05) is 28.8 Å². The van der Waals surface area contributed by atoms with Crippen LogP contribution in [0.5, 0.6) is 0 Å². The Labute approximate surface area is 88.8 Å². The molecule has 0 aliphatic rings. The smallest absolute Gasteiger partial charge is 0.166 e. The molecule has 0 unspecified atom stereocenters. The first-order valence-electron chi connectivity index (χ1n) is 5.13. The highest BCUT2D eigenvalue weighted by molar-refractivity contribution is 5.74. The lowest BCUT2D eigenvalue weighted by Gasteiger charge is -2.05. The number of nitrogens with zero attached hydrogens (tertiary/aromatic N) is 2. The van der Waals surface area contributed by atoms with Crippen molar-refractivity contribution in [2.24, 2.45) is 5.92 Å². The first kappa shape index (κ1) is 9.90. The average molecular weight is 202 g/mol. The highest BCUT2D eigenvalue weighted by Crippen LogP contribution is 2.13. The van der Waals surface area contributed by atoms with Crippen LogP contribution in [0.3, 0.4) is 0 Å². The molecule has 0 spiro atoms. The van der Waals surface area contributed by atoms with Gasteiger partial charge in [0.15, 0.2) is 6.29 Å². The number of hydrogen-bond donors (Lipinski definition) is 0. The van der Waals surface area contributed by atoms with Crippen molar-refractivity contribution in [2.45, 2.75) is 20.3 Å². The van der Waals surface area contributed by atoms with E-state index in [1.165, 1.54) is 0 Å². The van der Waals surface area contributed by atoms with Crippen molar-refractivity contribution in [3.05, 3.63) is 35.9 Å². The van der Waals surface area contributed by atoms with Gasteiger partial charge >= 0.3 is 0 Å². The molecule has 15 heavy (non-hydrogen) atoms. The summed E-state index contributed by atoms with van der Waals surface area (Å²) in [6.45, 7) is 4.29. The Hall–Kier alpha value is -1.64. The molecule has 0 fully saturated rings. The minimum absolute atomic E-state index is 0.537. The average Bonchev–Trinajstić information content (AvgIpc) is 2.61. The standard InChI is InChI=1S/C12H14N2O/c1-9(2)6-12-13-7-10-4-3-5-11(8-15)14(10)12/h3-5,7-9H,6H2,1-2H3. The van der Waals surface area contributed by atoms with E-state index in [-0.39, 0.29) is 0 Å². The fraction of sp³-hybridized carbons (Fsp3) is 0.333. The molecule has 0 atom stereocenters. The molecule has 0 N–H and O–H groups in total. The molecule has 3 nitrogen and oxygen atoms in total. The van der Waals surface area contributed by atoms with E-state index in [1.54, 1.807) is 0 Å². The first-order chi connectivity index (χ1) is 7.22. The molecule has 0 amide bonds. The Morgan fingerprint density at radius 3 is 2.93 bits per heavy atom. The van der Waals surface area contributed by atoms with Crippen LogP contribution in [0.4, 0.5) is 0 Å². The van der Waals surface area contributed by atoms with Gasteiger partial charge in [-0.2, -0.15) is 0 Å². The van der Waals surface area contributed by atoms with Crippen LogP contribution in [0.2, 0.25) is 0 Å². The molecule has 2 aromatic rings. The monoisotopic (exact) mass is 202 g/mol. The van der Waals surface area contributed by atoms with Gasteiger partial charge in [-0.15, -0.1) is 0 Å². The van der Waals surface area contributed by atoms with Gasteiger partial charge in [0.05, 0.1) is 17.4 Å². The van der Waals surface area contributed by atoms with E-state index in [0.29, 0.717) is 11.6 Å². The number of aromatic nitrogens is 2. The summed E-state index contributed by atoms with van der Waals surface area (Å²) in [5, 5.41) is 0. The predicted molar refractivity (Wildman–Crippen MR) is 59.1 cm³/mol. The first-order valence-corrected chi connectivity index (χ1v) is 5.13. The summed E-state index contributed by atoms with van der Waals surface area (Å²) in [5.41, 5.74) is 1.65. The fourth-order valence-corrected chi connectivity index (χ4v) is 1.74. The van der Waals surface area contributed by atoms with Crippen LogP contribution < -0.4 is 0 Å². The largest absolute Gasteiger partial charge is 0.296 e. The number of aldehydes is 1. The third kappa shape index (κ3) is 1.77. The highest BCUT2D eigenvalue weighted by Gasteiger charge is 2.08. The summed E-state index contributed by atoms with van der Waals surface area (Å²) in [6.07, 6.45) is 3.57. The van der Waals surface area contributed by atoms with Gasteiger partial charge in [-0.05, 0) is 18.1 Å². The molecular weight excluding hydrogens is 188 g/mol. The van der Waals surface area contributed by atoms with Crippen LogP contribution in [0.15, 0.2) is 24.4 Å². The third-order valence-corrected chi connectivity index (χ3v) is 2.37. The summed E-state index contributed by atoms with van der Waals surface area (Å²) < 4.78 is 1.92. The second kappa shape index (κ2) is 3.85. The van der Waals surface area contributed by atoms with Crippen molar-refractivity contribution in [1.82, 2.24) is 9.38 Å². The Bertz CT molecular complexity index is 485. The van der Waals surface area contributed by atoms with Crippen LogP contribution in [0.1, 0.15) is 30.2 Å². The van der Waals surface area contributed by atoms with Gasteiger partial charge in [0.2, 0.25) is 0 Å². The number of fused-ring (bicyclic) bond motifs is 1. The molecule has 2 aromatic heterocycles. The maximum absolute atomic E-state index is 10.9. The molecule has 0 aliphatic heterocycles. The van der Waals surface area contributed by atoms with Gasteiger partial charge in [-0.25, -0.2) is 4.98 Å². The van der Waals surface area contributed by atoms with Crippen molar-refractivity contribution < 1.29 is 4.79 Å². The quantitative estimate of drug-likeness (QED) is 0.716. The Kier molecular flexibility index (Phi) is 2.54. The van der Waals surface area contributed by atoms with Crippen LogP contribution in [0.25, 0.3) is 5.52 Å². The lowest BCUT2D eigenvalue weighted by Crippen LogP contribution is -2.04. The third-order valence-electron chi connectivity index (χ3n) is 2.37. The minimum atomic E-state index is 0.537. The van der Waals surface area contributed by atoms with Crippen molar-refractivity contribution in [2.75, 3.05) is 0 Å². The number of pyridine rings is 1. The van der Waals surface area contributed by atoms with Gasteiger partial charge in [-0.1, -0.05) is 19.9 Å². The molecule has 0 saturated heterocycles. The summed E-state index contributed by atoms with van der Waals surface area (Å²) in [6, 6.07) is 5.65. The number of imidazole rings is 1. The highest BCUT2D eigenvalue weighted by atomic mass is 16.1. The SMILES string of the molecule is CC(C)Cc1ncc2cccc(C=O)n12. The normalized spacial score (nSPS) is 11.1. The zero-order valence-corrected chi connectivity index (χ0v) is 8.97. The summed E-state index contributed by atoms with van der Waals surface area (Å²) in [4.78, 5) is 15.3. The van der Waals surface area contributed by atoms with Crippen molar-refractivity contribution >= 4 is 11.8 Å². The van der Waals surface area contributed by atoms with Gasteiger partial charge in [0.1, 0.15) is 5.82 Å². The van der Waals surface area contributed by atoms with E-state index in [2.05, 4.69) is 18.8 Å². The Balaban J connectivity index is 2.60. The molecule has 2 heterocycles. The number of carbonyl (C=O) groups is 1. The minimum Gasteiger partial charge on any atom is -0.296 e. The van der Waals surface area contributed by atoms with Crippen LogP contribution in [0, 0.1) is 5.92 Å². The second-order valence-corrected chi connectivity index (χ2v) is 4.10. The van der Waals surface area contributed by atoms with E-state index >= 15 is 0 Å². The van der Waals surface area contributed by atoms with Gasteiger partial charge < -0.3 is 0 Å². The summed E-state index contributed by atoms with van der Waals surface area (Å²) >= 11 is 0. The van der Waals surface area contributed by atoms with Gasteiger partial charge in [0.25, 0.3) is 0 Å². The van der Waals surface area contributed by atoms with Crippen LogP contribution >= 0.6 is 0 Å². The topological polar surface area (TPSA) is 34.4 Å². The molecule has 0 radical (unpaired) electrons. The predicted octanol–water partition coefficient (Wildman–Crippen LogP) is 2.35. The van der Waals surface area contributed by atoms with Crippen LogP contribution in [-0.2, 0) is 6.42 Å². The van der Waals surface area contributed by atoms with E-state index in [0.717, 1.165) is 24.0 Å². The number of hydrogen-bond acceptors (Lipinski definition) is 2. The number of rotatable bonds is 3. The van der Waals surface area contributed by atoms with Gasteiger partial charge in [0, 0.05) is 6.42 Å². The Morgan fingerprint density at radius 1 is 1.47 bits per heavy atom. The van der Waals surface area contributed by atoms with E-state index in [4.69, 9.17) is 0 Å². The molecule has 0 bridgehead atoms. The molecule has 0 aromatic carbocycles. The maximum Gasteiger partial charge on any atom is 0.166 e. The van der Waals surface area contributed by atoms with Crippen molar-refractivity contribution in [3.8, 4) is 0 Å². The van der Waals surface area contributed by atoms with Crippen molar-refractivity contribution in [3.63, 3.8) is 0 Å². The zero-order valence-electron chi connectivity index (χ0n) is 8.97. The maximum atomic E-state index is 10.9. The van der Waals surface area contributed by atoms with E-state index < -0.39 is 0 Å². The molecule has 3 heteroatoms. The molecule has 78 valence electrons. The lowest BCUT2D eigenvalue weighted by molar-refractivity contribution is 0.111. The lowest BCUT2D eigenvalue weighted by atomic mass is 10.1. The summed E-state index contributed by atoms with van der Waals surface area (Å²) in [5.74, 6) is 1.50. The van der Waals surface area contributed by atoms with E-state index in [9.17, 15) is 4.79 Å². The summed E-state index contributed by atoms with van der Waals surface area (Å²) in [7, 11) is 0. The molecule has 0 saturated carbocycles. The number of carbonyl (C=O) groups excluding carboxylic acids is 1. The second-order valence-electron chi connectivity index (χ2n) is 4.10. The van der Waals surface area contributed by atoms with Gasteiger partial charge in [-0.3, -0.25) is 9.20 Å². The molecule has 0 aliphatic carbocycles. The molecule has 2 rings (SSSR count).